The fraction of sp³-hybridized carbons (Fsp3) is 0.242. The van der Waals surface area contributed by atoms with Gasteiger partial charge in [0.2, 0.25) is 5.91 Å². The zero-order chi connectivity index (χ0) is 30.7. The third kappa shape index (κ3) is 6.63. The number of rotatable bonds is 7. The van der Waals surface area contributed by atoms with Crippen LogP contribution in [0.4, 0.5) is 15.6 Å². The summed E-state index contributed by atoms with van der Waals surface area (Å²) in [6.07, 6.45) is 9.31. The van der Waals surface area contributed by atoms with Gasteiger partial charge in [-0.2, -0.15) is 0 Å². The molecule has 0 bridgehead atoms. The number of thiazole rings is 1. The van der Waals surface area contributed by atoms with E-state index in [4.69, 9.17) is 4.74 Å². The van der Waals surface area contributed by atoms with E-state index in [1.165, 1.54) is 11.3 Å². The fourth-order valence-electron chi connectivity index (χ4n) is 4.90. The molecule has 6 rings (SSSR count). The highest BCUT2D eigenvalue weighted by Crippen LogP contribution is 2.35. The second-order valence-corrected chi connectivity index (χ2v) is 12.5. The summed E-state index contributed by atoms with van der Waals surface area (Å²) in [7, 11) is 0. The molecule has 0 radical (unpaired) electrons. The van der Waals surface area contributed by atoms with Crippen LogP contribution in [0.1, 0.15) is 39.2 Å². The van der Waals surface area contributed by atoms with E-state index in [-0.39, 0.29) is 11.3 Å². The second-order valence-electron chi connectivity index (χ2n) is 11.5. The molecule has 3 N–H and O–H groups in total. The van der Waals surface area contributed by atoms with E-state index in [1.54, 1.807) is 35.9 Å². The number of carbonyl (C=O) groups excluding carboxylic acids is 2. The smallest absolute Gasteiger partial charge is 0.323 e. The molecule has 4 heterocycles. The standard InChI is InChI=1S/C33H33N7O3S/c1-33(2,3)23-10-13-26(22-6-4-14-34-17-22)27(16-23)39-30(42)38-24-18-35-31(36-19-24)43-25-11-8-21(9-12-25)28-20-37-32(44-28)40-15-5-7-29(40)41/h4,6,8-14,16-20,31,35H,5,7,15H2,1-3H3,(H2,38,39,42). The monoisotopic (exact) mass is 607 g/mol. The summed E-state index contributed by atoms with van der Waals surface area (Å²) in [5.74, 6) is 0.760. The molecule has 2 aromatic heterocycles. The Bertz CT molecular complexity index is 1730. The largest absolute Gasteiger partial charge is 0.451 e. The highest BCUT2D eigenvalue weighted by atomic mass is 32.1. The van der Waals surface area contributed by atoms with Crippen molar-refractivity contribution in [2.45, 2.75) is 45.4 Å². The van der Waals surface area contributed by atoms with Gasteiger partial charge in [0.15, 0.2) is 5.13 Å². The number of allylic oxidation sites excluding steroid dienone is 1. The molecule has 4 aromatic rings. The van der Waals surface area contributed by atoms with Crippen molar-refractivity contribution in [3.05, 3.63) is 90.6 Å². The van der Waals surface area contributed by atoms with Gasteiger partial charge in [0.25, 0.3) is 6.35 Å². The summed E-state index contributed by atoms with van der Waals surface area (Å²) < 4.78 is 5.95. The SMILES string of the molecule is CC(C)(C)c1ccc(-c2cccnc2)c(NC(=O)NC2=CNC(Oc3ccc(-c4cnc(N5CCCC5=O)s4)cc3)N=C2)c1. The molecule has 0 aliphatic carbocycles. The van der Waals surface area contributed by atoms with Crippen LogP contribution in [0.25, 0.3) is 21.6 Å². The van der Waals surface area contributed by atoms with Crippen molar-refractivity contribution in [2.75, 3.05) is 16.8 Å². The number of amides is 3. The Kier molecular flexibility index (Phi) is 8.12. The first-order chi connectivity index (χ1) is 21.2. The number of aromatic nitrogens is 2. The number of carbonyl (C=O) groups is 2. The molecule has 11 heteroatoms. The average Bonchev–Trinajstić information content (AvgIpc) is 3.67. The van der Waals surface area contributed by atoms with Crippen LogP contribution in [0.5, 0.6) is 5.75 Å². The van der Waals surface area contributed by atoms with E-state index in [2.05, 4.69) is 57.7 Å². The number of benzene rings is 2. The number of nitrogens with one attached hydrogen (secondary N) is 3. The molecule has 3 amide bonds. The van der Waals surface area contributed by atoms with Crippen LogP contribution in [-0.2, 0) is 10.2 Å². The Hall–Kier alpha value is -5.03. The van der Waals surface area contributed by atoms with Gasteiger partial charge in [-0.05, 0) is 59.4 Å². The number of hydrogen-bond acceptors (Lipinski definition) is 8. The van der Waals surface area contributed by atoms with Crippen molar-refractivity contribution >= 4 is 40.3 Å². The molecule has 224 valence electrons. The van der Waals surface area contributed by atoms with Gasteiger partial charge < -0.3 is 20.7 Å². The van der Waals surface area contributed by atoms with Crippen LogP contribution < -0.4 is 25.6 Å². The summed E-state index contributed by atoms with van der Waals surface area (Å²) in [6, 6.07) is 17.2. The summed E-state index contributed by atoms with van der Waals surface area (Å²) in [5.41, 5.74) is 4.97. The van der Waals surface area contributed by atoms with Gasteiger partial charge in [-0.1, -0.05) is 50.3 Å². The van der Waals surface area contributed by atoms with Gasteiger partial charge in [-0.25, -0.2) is 14.8 Å². The number of pyridine rings is 1. The van der Waals surface area contributed by atoms with Gasteiger partial charge in [0.05, 0.1) is 22.5 Å². The van der Waals surface area contributed by atoms with E-state index in [0.29, 0.717) is 23.6 Å². The van der Waals surface area contributed by atoms with Crippen LogP contribution in [-0.4, -0.2) is 41.0 Å². The molecule has 0 saturated carbocycles. The fourth-order valence-corrected chi connectivity index (χ4v) is 5.86. The average molecular weight is 608 g/mol. The van der Waals surface area contributed by atoms with Crippen LogP contribution in [0, 0.1) is 0 Å². The zero-order valence-corrected chi connectivity index (χ0v) is 25.5. The summed E-state index contributed by atoms with van der Waals surface area (Å²) in [5, 5.41) is 9.63. The number of hydrogen-bond donors (Lipinski definition) is 3. The number of aliphatic imine (C=N–C) groups is 1. The number of nitrogens with zero attached hydrogens (tertiary/aromatic N) is 4. The first-order valence-electron chi connectivity index (χ1n) is 14.4. The van der Waals surface area contributed by atoms with Crippen LogP contribution in [0.15, 0.2) is 90.1 Å². The predicted octanol–water partition coefficient (Wildman–Crippen LogP) is 6.30. The third-order valence-corrected chi connectivity index (χ3v) is 8.35. The van der Waals surface area contributed by atoms with Gasteiger partial charge in [-0.3, -0.25) is 14.7 Å². The number of ether oxygens (including phenoxy) is 1. The van der Waals surface area contributed by atoms with Crippen molar-refractivity contribution in [3.63, 3.8) is 0 Å². The predicted molar refractivity (Wildman–Crippen MR) is 174 cm³/mol. The maximum Gasteiger partial charge on any atom is 0.323 e. The summed E-state index contributed by atoms with van der Waals surface area (Å²) >= 11 is 1.50. The van der Waals surface area contributed by atoms with Crippen molar-refractivity contribution in [1.82, 2.24) is 20.6 Å². The Morgan fingerprint density at radius 1 is 1.07 bits per heavy atom. The van der Waals surface area contributed by atoms with E-state index in [1.807, 2.05) is 48.5 Å². The topological polar surface area (TPSA) is 121 Å². The molecular weight excluding hydrogens is 574 g/mol. The van der Waals surface area contributed by atoms with Gasteiger partial charge >= 0.3 is 6.03 Å². The minimum atomic E-state index is -0.647. The van der Waals surface area contributed by atoms with Crippen LogP contribution in [0.2, 0.25) is 0 Å². The van der Waals surface area contributed by atoms with E-state index < -0.39 is 12.4 Å². The minimum Gasteiger partial charge on any atom is -0.451 e. The normalized spacial score (nSPS) is 16.3. The van der Waals surface area contributed by atoms with Gasteiger partial charge in [0, 0.05) is 48.9 Å². The Morgan fingerprint density at radius 2 is 1.91 bits per heavy atom. The molecule has 1 atom stereocenters. The van der Waals surface area contributed by atoms with Crippen LogP contribution >= 0.6 is 11.3 Å². The minimum absolute atomic E-state index is 0.0855. The Morgan fingerprint density at radius 3 is 2.59 bits per heavy atom. The first kappa shape index (κ1) is 29.1. The third-order valence-electron chi connectivity index (χ3n) is 7.28. The van der Waals surface area contributed by atoms with Gasteiger partial charge in [0.1, 0.15) is 5.75 Å². The molecule has 2 aliphatic rings. The maximum absolute atomic E-state index is 13.0. The Labute approximate surface area is 259 Å². The number of anilines is 2. The van der Waals surface area contributed by atoms with Crippen molar-refractivity contribution in [1.29, 1.82) is 0 Å². The van der Waals surface area contributed by atoms with Crippen molar-refractivity contribution in [2.24, 2.45) is 4.99 Å². The molecule has 44 heavy (non-hydrogen) atoms. The molecule has 0 spiro atoms. The molecule has 2 aromatic carbocycles. The lowest BCUT2D eigenvalue weighted by Gasteiger charge is -2.22. The van der Waals surface area contributed by atoms with Crippen molar-refractivity contribution < 1.29 is 14.3 Å². The molecule has 1 unspecified atom stereocenters. The van der Waals surface area contributed by atoms with E-state index in [0.717, 1.165) is 45.2 Å². The zero-order valence-electron chi connectivity index (χ0n) is 24.7. The lowest BCUT2D eigenvalue weighted by Crippen LogP contribution is -2.36. The lowest BCUT2D eigenvalue weighted by molar-refractivity contribution is -0.117. The quantitative estimate of drug-likeness (QED) is 0.227. The van der Waals surface area contributed by atoms with Crippen LogP contribution in [0.3, 0.4) is 0 Å². The Balaban J connectivity index is 1.05. The summed E-state index contributed by atoms with van der Waals surface area (Å²) in [4.78, 5) is 40.8. The second kappa shape index (κ2) is 12.3. The highest BCUT2D eigenvalue weighted by Gasteiger charge is 2.24. The molecule has 2 aliphatic heterocycles. The highest BCUT2D eigenvalue weighted by molar-refractivity contribution is 7.19. The lowest BCUT2D eigenvalue weighted by atomic mass is 9.85. The number of urea groups is 1. The van der Waals surface area contributed by atoms with Gasteiger partial charge in [-0.15, -0.1) is 0 Å². The maximum atomic E-state index is 13.0. The first-order valence-corrected chi connectivity index (χ1v) is 15.2. The van der Waals surface area contributed by atoms with Crippen molar-refractivity contribution in [3.8, 4) is 27.3 Å². The van der Waals surface area contributed by atoms with E-state index >= 15 is 0 Å². The molecule has 10 nitrogen and oxygen atoms in total. The molecular formula is C33H33N7O3S. The van der Waals surface area contributed by atoms with E-state index in [9.17, 15) is 9.59 Å². The molecule has 1 fully saturated rings. The summed E-state index contributed by atoms with van der Waals surface area (Å²) in [6.45, 7) is 7.12. The molecule has 1 saturated heterocycles.